The Hall–Kier alpha value is -3.64. The van der Waals surface area contributed by atoms with E-state index in [4.69, 9.17) is 0 Å². The normalized spacial score (nSPS) is 16.4. The average Bonchev–Trinajstić information content (AvgIpc) is 2.82. The Balaban J connectivity index is 1.57. The largest absolute Gasteiger partial charge is 0.381 e. The third kappa shape index (κ3) is 5.41. The van der Waals surface area contributed by atoms with Gasteiger partial charge in [-0.25, -0.2) is 9.97 Å². The number of likely N-dealkylation sites (N-methyl/N-ethyl adjacent to an activating group) is 1. The summed E-state index contributed by atoms with van der Waals surface area (Å²) < 4.78 is 0. The third-order valence-corrected chi connectivity index (χ3v) is 6.23. The van der Waals surface area contributed by atoms with Crippen molar-refractivity contribution in [2.75, 3.05) is 53.6 Å². The van der Waals surface area contributed by atoms with Crippen LogP contribution in [0.3, 0.4) is 0 Å². The van der Waals surface area contributed by atoms with E-state index in [9.17, 15) is 10.1 Å². The molecule has 2 fully saturated rings. The number of hydrogen-bond donors (Lipinski definition) is 3. The van der Waals surface area contributed by atoms with Crippen LogP contribution >= 0.6 is 0 Å². The summed E-state index contributed by atoms with van der Waals surface area (Å²) in [5.41, 5.74) is 2.48. The monoisotopic (exact) mass is 446 g/mol. The van der Waals surface area contributed by atoms with Crippen molar-refractivity contribution in [1.29, 1.82) is 5.26 Å². The molecule has 0 bridgehead atoms. The van der Waals surface area contributed by atoms with Crippen LogP contribution in [-0.4, -0.2) is 59.5 Å². The van der Waals surface area contributed by atoms with Crippen LogP contribution in [0.2, 0.25) is 0 Å². The number of carbonyl (C=O) groups is 1. The van der Waals surface area contributed by atoms with E-state index < -0.39 is 0 Å². The number of hydrogen-bond acceptors (Lipinski definition) is 8. The SMILES string of the molecule is C=CC(=O)Nc1cc(N2CCN(CC)CC2)ncc1Nc1cc(NC2CCC2)c(C#N)cn1. The van der Waals surface area contributed by atoms with Crippen LogP contribution < -0.4 is 20.9 Å². The van der Waals surface area contributed by atoms with Gasteiger partial charge in [-0.1, -0.05) is 13.5 Å². The number of anilines is 5. The number of piperazine rings is 1. The second kappa shape index (κ2) is 10.3. The molecule has 0 spiro atoms. The van der Waals surface area contributed by atoms with E-state index in [1.807, 2.05) is 12.1 Å². The fourth-order valence-corrected chi connectivity index (χ4v) is 3.94. The lowest BCUT2D eigenvalue weighted by Gasteiger charge is -2.35. The molecule has 0 unspecified atom stereocenters. The molecule has 1 aliphatic heterocycles. The van der Waals surface area contributed by atoms with Crippen LogP contribution in [0.25, 0.3) is 0 Å². The lowest BCUT2D eigenvalue weighted by atomic mass is 9.93. The smallest absolute Gasteiger partial charge is 0.247 e. The Kier molecular flexibility index (Phi) is 7.05. The summed E-state index contributed by atoms with van der Waals surface area (Å²) in [5, 5.41) is 19.0. The molecule has 2 aliphatic rings. The molecule has 2 aromatic rings. The van der Waals surface area contributed by atoms with Gasteiger partial charge in [0.1, 0.15) is 17.7 Å². The molecule has 9 heteroatoms. The van der Waals surface area contributed by atoms with Crippen molar-refractivity contribution in [1.82, 2.24) is 14.9 Å². The van der Waals surface area contributed by atoms with Gasteiger partial charge in [-0.2, -0.15) is 5.26 Å². The minimum Gasteiger partial charge on any atom is -0.381 e. The second-order valence-corrected chi connectivity index (χ2v) is 8.33. The van der Waals surface area contributed by atoms with Gasteiger partial charge in [-0.3, -0.25) is 4.79 Å². The molecular formula is C24H30N8O. The first-order valence-electron chi connectivity index (χ1n) is 11.4. The molecule has 9 nitrogen and oxygen atoms in total. The Morgan fingerprint density at radius 1 is 1.18 bits per heavy atom. The van der Waals surface area contributed by atoms with E-state index in [1.165, 1.54) is 12.5 Å². The van der Waals surface area contributed by atoms with E-state index in [0.717, 1.165) is 57.1 Å². The van der Waals surface area contributed by atoms with Crippen molar-refractivity contribution in [2.45, 2.75) is 32.2 Å². The topological polar surface area (TPSA) is 109 Å². The molecule has 1 aliphatic carbocycles. The Bertz CT molecular complexity index is 1050. The van der Waals surface area contributed by atoms with E-state index in [2.05, 4.69) is 55.3 Å². The van der Waals surface area contributed by atoms with Gasteiger partial charge in [0.15, 0.2) is 0 Å². The summed E-state index contributed by atoms with van der Waals surface area (Å²) in [6.45, 7) is 10.5. The summed E-state index contributed by atoms with van der Waals surface area (Å²) >= 11 is 0. The van der Waals surface area contributed by atoms with Crippen LogP contribution in [0, 0.1) is 11.3 Å². The number of carbonyl (C=O) groups excluding carboxylic acids is 1. The maximum absolute atomic E-state index is 12.1. The zero-order valence-electron chi connectivity index (χ0n) is 19.0. The Labute approximate surface area is 194 Å². The molecule has 1 saturated carbocycles. The standard InChI is InChI=1S/C24H30N8O/c1-3-24(33)30-20-13-23(32-10-8-31(4-2)9-11-32)27-16-21(20)29-22-12-19(17(14-25)15-26-22)28-18-6-5-7-18/h3,12-13,15-16,18H,1,4-11H2,2H3,(H2,26,28,29)(H,27,30,33). The van der Waals surface area contributed by atoms with Gasteiger partial charge in [0.05, 0.1) is 28.8 Å². The summed E-state index contributed by atoms with van der Waals surface area (Å²) in [7, 11) is 0. The molecule has 33 heavy (non-hydrogen) atoms. The van der Waals surface area contributed by atoms with Gasteiger partial charge in [-0.15, -0.1) is 0 Å². The lowest BCUT2D eigenvalue weighted by molar-refractivity contribution is -0.111. The third-order valence-electron chi connectivity index (χ3n) is 6.23. The molecule has 172 valence electrons. The number of nitriles is 1. The summed E-state index contributed by atoms with van der Waals surface area (Å²) in [6.07, 6.45) is 7.91. The molecular weight excluding hydrogens is 416 g/mol. The molecule has 3 heterocycles. The van der Waals surface area contributed by atoms with Crippen molar-refractivity contribution in [3.63, 3.8) is 0 Å². The van der Waals surface area contributed by atoms with Crippen LogP contribution in [-0.2, 0) is 4.79 Å². The fraction of sp³-hybridized carbons (Fsp3) is 0.417. The second-order valence-electron chi connectivity index (χ2n) is 8.33. The van der Waals surface area contributed by atoms with E-state index >= 15 is 0 Å². The Morgan fingerprint density at radius 2 is 1.97 bits per heavy atom. The van der Waals surface area contributed by atoms with Crippen molar-refractivity contribution in [3.8, 4) is 6.07 Å². The van der Waals surface area contributed by atoms with Crippen LogP contribution in [0.4, 0.5) is 28.7 Å². The fourth-order valence-electron chi connectivity index (χ4n) is 3.94. The summed E-state index contributed by atoms with van der Waals surface area (Å²) in [5.74, 6) is 1.08. The Morgan fingerprint density at radius 3 is 2.61 bits per heavy atom. The zero-order valence-corrected chi connectivity index (χ0v) is 19.0. The van der Waals surface area contributed by atoms with E-state index in [1.54, 1.807) is 12.4 Å². The maximum Gasteiger partial charge on any atom is 0.247 e. The van der Waals surface area contributed by atoms with Gasteiger partial charge in [0.2, 0.25) is 5.91 Å². The highest BCUT2D eigenvalue weighted by Crippen LogP contribution is 2.31. The number of amides is 1. The van der Waals surface area contributed by atoms with Crippen LogP contribution in [0.5, 0.6) is 0 Å². The molecule has 1 saturated heterocycles. The van der Waals surface area contributed by atoms with Crippen LogP contribution in [0.15, 0.2) is 37.2 Å². The minimum atomic E-state index is -0.300. The van der Waals surface area contributed by atoms with Gasteiger partial charge in [-0.05, 0) is 31.9 Å². The molecule has 2 aromatic heterocycles. The number of nitrogens with one attached hydrogen (secondary N) is 3. The van der Waals surface area contributed by atoms with Crippen molar-refractivity contribution >= 4 is 34.6 Å². The molecule has 1 amide bonds. The predicted molar refractivity (Wildman–Crippen MR) is 131 cm³/mol. The van der Waals surface area contributed by atoms with Crippen molar-refractivity contribution in [3.05, 3.63) is 42.7 Å². The highest BCUT2D eigenvalue weighted by atomic mass is 16.1. The first-order chi connectivity index (χ1) is 16.1. The number of pyridine rings is 2. The summed E-state index contributed by atoms with van der Waals surface area (Å²) in [6, 6.07) is 6.29. The minimum absolute atomic E-state index is 0.300. The van der Waals surface area contributed by atoms with Gasteiger partial charge >= 0.3 is 0 Å². The highest BCUT2D eigenvalue weighted by Gasteiger charge is 2.20. The van der Waals surface area contributed by atoms with Gasteiger partial charge in [0, 0.05) is 50.6 Å². The highest BCUT2D eigenvalue weighted by molar-refractivity contribution is 6.01. The maximum atomic E-state index is 12.1. The van der Waals surface area contributed by atoms with Crippen molar-refractivity contribution in [2.24, 2.45) is 0 Å². The number of aromatic nitrogens is 2. The van der Waals surface area contributed by atoms with Crippen LogP contribution in [0.1, 0.15) is 31.7 Å². The molecule has 4 rings (SSSR count). The van der Waals surface area contributed by atoms with E-state index in [-0.39, 0.29) is 5.91 Å². The molecule has 0 radical (unpaired) electrons. The zero-order chi connectivity index (χ0) is 23.2. The van der Waals surface area contributed by atoms with Gasteiger partial charge < -0.3 is 25.8 Å². The summed E-state index contributed by atoms with van der Waals surface area (Å²) in [4.78, 5) is 25.7. The first kappa shape index (κ1) is 22.6. The first-order valence-corrected chi connectivity index (χ1v) is 11.4. The van der Waals surface area contributed by atoms with Crippen molar-refractivity contribution < 1.29 is 4.79 Å². The van der Waals surface area contributed by atoms with Gasteiger partial charge in [0.25, 0.3) is 0 Å². The molecule has 0 aromatic carbocycles. The predicted octanol–water partition coefficient (Wildman–Crippen LogP) is 3.32. The molecule has 0 atom stereocenters. The average molecular weight is 447 g/mol. The van der Waals surface area contributed by atoms with E-state index in [0.29, 0.717) is 28.8 Å². The lowest BCUT2D eigenvalue weighted by Crippen LogP contribution is -2.46. The number of nitrogens with zero attached hydrogens (tertiary/aromatic N) is 5. The quantitative estimate of drug-likeness (QED) is 0.530. The number of rotatable bonds is 8. The molecule has 3 N–H and O–H groups in total.